The first-order chi connectivity index (χ1) is 14.1. The van der Waals surface area contributed by atoms with E-state index in [2.05, 4.69) is 5.32 Å². The van der Waals surface area contributed by atoms with E-state index in [1.54, 1.807) is 7.11 Å². The van der Waals surface area contributed by atoms with Crippen LogP contribution in [0.25, 0.3) is 0 Å². The van der Waals surface area contributed by atoms with Gasteiger partial charge in [0.15, 0.2) is 0 Å². The predicted molar refractivity (Wildman–Crippen MR) is 113 cm³/mol. The lowest BCUT2D eigenvalue weighted by molar-refractivity contribution is 0.0531. The molecule has 1 heterocycles. The van der Waals surface area contributed by atoms with Crippen LogP contribution in [0.5, 0.6) is 0 Å². The Labute approximate surface area is 178 Å². The van der Waals surface area contributed by atoms with Gasteiger partial charge in [-0.05, 0) is 68.7 Å². The molecule has 30 heavy (non-hydrogen) atoms. The number of aliphatic hydroxyl groups excluding tert-OH is 1. The monoisotopic (exact) mass is 444 g/mol. The van der Waals surface area contributed by atoms with Crippen LogP contribution in [-0.4, -0.2) is 68.9 Å². The van der Waals surface area contributed by atoms with Crippen LogP contribution >= 0.6 is 0 Å². The fourth-order valence-electron chi connectivity index (χ4n) is 4.43. The molecule has 0 bridgehead atoms. The fourth-order valence-corrected chi connectivity index (χ4v) is 5.31. The quantitative estimate of drug-likeness (QED) is 0.576. The summed E-state index contributed by atoms with van der Waals surface area (Å²) in [5, 5.41) is 12.8. The average Bonchev–Trinajstić information content (AvgIpc) is 2.68. The van der Waals surface area contributed by atoms with Crippen molar-refractivity contribution in [1.29, 1.82) is 0 Å². The first-order valence-corrected chi connectivity index (χ1v) is 12.1. The van der Waals surface area contributed by atoms with Gasteiger partial charge in [0.25, 0.3) is 5.91 Å². The zero-order valence-electron chi connectivity index (χ0n) is 17.9. The summed E-state index contributed by atoms with van der Waals surface area (Å²) >= 11 is 0. The van der Waals surface area contributed by atoms with Crippen molar-refractivity contribution in [2.75, 3.05) is 39.7 Å². The van der Waals surface area contributed by atoms with Crippen LogP contribution in [0.1, 0.15) is 43.0 Å². The molecule has 1 amide bonds. The second-order valence-corrected chi connectivity index (χ2v) is 10.2. The number of nitrogens with zero attached hydrogens (tertiary/aromatic N) is 1. The van der Waals surface area contributed by atoms with Crippen molar-refractivity contribution in [1.82, 2.24) is 9.62 Å². The Hall–Kier alpha value is -1.55. The van der Waals surface area contributed by atoms with Gasteiger partial charge in [0.2, 0.25) is 10.0 Å². The Morgan fingerprint density at radius 3 is 2.43 bits per heavy atom. The number of sulfonamides is 1. The Bertz CT molecular complexity index is 794. The smallest absolute Gasteiger partial charge is 0.251 e. The number of hydrogen-bond donors (Lipinski definition) is 2. The molecule has 2 N–H and O–H groups in total. The molecule has 0 radical (unpaired) electrons. The third-order valence-corrected chi connectivity index (χ3v) is 7.43. The minimum atomic E-state index is -3.23. The first-order valence-electron chi connectivity index (χ1n) is 10.2. The molecule has 1 saturated heterocycles. The summed E-state index contributed by atoms with van der Waals surface area (Å²) < 4.78 is 43.7. The lowest BCUT2D eigenvalue weighted by Crippen LogP contribution is -2.56. The van der Waals surface area contributed by atoms with Crippen LogP contribution in [0.3, 0.4) is 0 Å². The van der Waals surface area contributed by atoms with Gasteiger partial charge in [-0.15, -0.1) is 0 Å². The van der Waals surface area contributed by atoms with Gasteiger partial charge >= 0.3 is 0 Å². The van der Waals surface area contributed by atoms with Gasteiger partial charge < -0.3 is 15.2 Å². The van der Waals surface area contributed by atoms with Crippen molar-refractivity contribution < 1.29 is 27.4 Å². The highest BCUT2D eigenvalue weighted by atomic mass is 32.2. The number of ether oxygens (including phenoxy) is 1. The molecule has 0 spiro atoms. The second-order valence-electron chi connectivity index (χ2n) is 8.24. The van der Waals surface area contributed by atoms with Crippen molar-refractivity contribution >= 4 is 15.9 Å². The van der Waals surface area contributed by atoms with Gasteiger partial charge in [-0.1, -0.05) is 0 Å². The summed E-state index contributed by atoms with van der Waals surface area (Å²) in [4.78, 5) is 12.9. The van der Waals surface area contributed by atoms with E-state index >= 15 is 0 Å². The highest BCUT2D eigenvalue weighted by Crippen LogP contribution is 2.37. The summed E-state index contributed by atoms with van der Waals surface area (Å²) in [6, 6.07) is 5.33. The minimum Gasteiger partial charge on any atom is -0.396 e. The zero-order chi connectivity index (χ0) is 22.4. The number of halogens is 1. The van der Waals surface area contributed by atoms with Gasteiger partial charge in [-0.25, -0.2) is 17.1 Å². The molecular formula is C21H33FN2O5S. The van der Waals surface area contributed by atoms with Crippen LogP contribution < -0.4 is 5.32 Å². The first kappa shape index (κ1) is 24.7. The molecule has 1 aliphatic rings. The standard InChI is InChI=1S/C21H33FN2O5S/c1-21(11-14-25,23-20(26)17-4-6-18(22)7-5-17)19(10-15-29-2)16-8-12-24(13-9-16)30(3,27)28/h4-7,16,19,25H,8-15H2,1-3H3,(H,23,26). The van der Waals surface area contributed by atoms with Crippen molar-refractivity contribution in [2.24, 2.45) is 11.8 Å². The summed E-state index contributed by atoms with van der Waals surface area (Å²) in [6.07, 6.45) is 3.58. The van der Waals surface area contributed by atoms with Crippen molar-refractivity contribution in [3.8, 4) is 0 Å². The van der Waals surface area contributed by atoms with E-state index < -0.39 is 21.4 Å². The van der Waals surface area contributed by atoms with Crippen LogP contribution in [0.4, 0.5) is 4.39 Å². The minimum absolute atomic E-state index is 0.0179. The predicted octanol–water partition coefficient (Wildman–Crippen LogP) is 2.02. The molecule has 2 unspecified atom stereocenters. The number of carbonyl (C=O) groups is 1. The molecule has 1 aromatic rings. The SMILES string of the molecule is COCCC(C1CCN(S(C)(=O)=O)CC1)C(C)(CCO)NC(=O)c1ccc(F)cc1. The maximum absolute atomic E-state index is 13.2. The Balaban J connectivity index is 2.23. The molecule has 2 rings (SSSR count). The normalized spacial score (nSPS) is 19.2. The summed E-state index contributed by atoms with van der Waals surface area (Å²) in [5.41, 5.74) is -0.380. The van der Waals surface area contributed by atoms with E-state index in [0.29, 0.717) is 50.9 Å². The number of nitrogens with one attached hydrogen (secondary N) is 1. The number of hydrogen-bond acceptors (Lipinski definition) is 5. The molecule has 9 heteroatoms. The van der Waals surface area contributed by atoms with Crippen LogP contribution in [0.15, 0.2) is 24.3 Å². The van der Waals surface area contributed by atoms with Gasteiger partial charge in [0, 0.05) is 44.5 Å². The number of amides is 1. The third kappa shape index (κ3) is 6.47. The topological polar surface area (TPSA) is 95.9 Å². The fraction of sp³-hybridized carbons (Fsp3) is 0.667. The van der Waals surface area contributed by atoms with Gasteiger partial charge in [0.1, 0.15) is 5.82 Å². The molecule has 1 aliphatic heterocycles. The number of rotatable bonds is 10. The maximum atomic E-state index is 13.2. The second kappa shape index (κ2) is 10.7. The van der Waals surface area contributed by atoms with Crippen molar-refractivity contribution in [2.45, 2.75) is 38.1 Å². The van der Waals surface area contributed by atoms with Crippen LogP contribution in [0.2, 0.25) is 0 Å². The third-order valence-electron chi connectivity index (χ3n) is 6.12. The number of aliphatic hydroxyl groups is 1. The Morgan fingerprint density at radius 2 is 1.93 bits per heavy atom. The number of carbonyl (C=O) groups excluding carboxylic acids is 1. The van der Waals surface area contributed by atoms with Crippen LogP contribution in [0, 0.1) is 17.7 Å². The molecule has 0 saturated carbocycles. The van der Waals surface area contributed by atoms with E-state index in [0.717, 1.165) is 0 Å². The maximum Gasteiger partial charge on any atom is 0.251 e. The van der Waals surface area contributed by atoms with E-state index in [1.807, 2.05) is 6.92 Å². The lowest BCUT2D eigenvalue weighted by Gasteiger charge is -2.45. The molecule has 2 atom stereocenters. The zero-order valence-corrected chi connectivity index (χ0v) is 18.8. The molecule has 1 fully saturated rings. The van der Waals surface area contributed by atoms with E-state index in [4.69, 9.17) is 4.74 Å². The summed E-state index contributed by atoms with van der Waals surface area (Å²) in [5.74, 6) is -0.596. The largest absolute Gasteiger partial charge is 0.396 e. The summed E-state index contributed by atoms with van der Waals surface area (Å²) in [6.45, 7) is 3.17. The molecule has 1 aromatic carbocycles. The molecule has 7 nitrogen and oxygen atoms in total. The Kier molecular flexibility index (Phi) is 8.78. The van der Waals surface area contributed by atoms with Crippen LogP contribution in [-0.2, 0) is 14.8 Å². The van der Waals surface area contributed by atoms with Crippen molar-refractivity contribution in [3.05, 3.63) is 35.6 Å². The molecule has 0 aliphatic carbocycles. The number of methoxy groups -OCH3 is 1. The van der Waals surface area contributed by atoms with Gasteiger partial charge in [0.05, 0.1) is 6.26 Å². The molecule has 170 valence electrons. The number of benzene rings is 1. The van der Waals surface area contributed by atoms with Gasteiger partial charge in [-0.2, -0.15) is 0 Å². The van der Waals surface area contributed by atoms with Gasteiger partial charge in [-0.3, -0.25) is 4.79 Å². The highest BCUT2D eigenvalue weighted by molar-refractivity contribution is 7.88. The van der Waals surface area contributed by atoms with E-state index in [1.165, 1.54) is 34.8 Å². The molecule has 0 aromatic heterocycles. The molecular weight excluding hydrogens is 411 g/mol. The summed E-state index contributed by atoms with van der Waals surface area (Å²) in [7, 11) is -1.61. The number of piperidine rings is 1. The Morgan fingerprint density at radius 1 is 1.33 bits per heavy atom. The average molecular weight is 445 g/mol. The lowest BCUT2D eigenvalue weighted by atomic mass is 9.70. The van der Waals surface area contributed by atoms with Crippen molar-refractivity contribution in [3.63, 3.8) is 0 Å². The highest BCUT2D eigenvalue weighted by Gasteiger charge is 2.41. The van der Waals surface area contributed by atoms with E-state index in [9.17, 15) is 22.7 Å². The van der Waals surface area contributed by atoms with E-state index in [-0.39, 0.29) is 24.3 Å².